The Morgan fingerprint density at radius 3 is 2.40 bits per heavy atom. The lowest BCUT2D eigenvalue weighted by atomic mass is 10.1. The van der Waals surface area contributed by atoms with Crippen LogP contribution in [0.25, 0.3) is 0 Å². The summed E-state index contributed by atoms with van der Waals surface area (Å²) in [5, 5.41) is 2.78. The molecule has 1 N–H and O–H groups in total. The molecule has 2 aromatic rings. The second kappa shape index (κ2) is 8.55. The number of carbonyl (C=O) groups is 1. The number of hydrogen-bond acceptors (Lipinski definition) is 2. The summed E-state index contributed by atoms with van der Waals surface area (Å²) in [6, 6.07) is 12.5. The average Bonchev–Trinajstić information content (AvgIpc) is 2.60. The number of ether oxygens (including phenoxy) is 1. The molecule has 2 aromatic carbocycles. The largest absolute Gasteiger partial charge is 0.497 e. The minimum absolute atomic E-state index is 0.0882. The van der Waals surface area contributed by atoms with Gasteiger partial charge in [0.15, 0.2) is 0 Å². The van der Waals surface area contributed by atoms with Crippen molar-refractivity contribution in [3.05, 3.63) is 65.2 Å². The van der Waals surface area contributed by atoms with Crippen molar-refractivity contribution >= 4 is 5.91 Å². The highest BCUT2D eigenvalue weighted by atomic mass is 19.4. The molecule has 25 heavy (non-hydrogen) atoms. The number of rotatable bonds is 7. The van der Waals surface area contributed by atoms with Gasteiger partial charge in [-0.05, 0) is 48.2 Å². The first-order chi connectivity index (χ1) is 11.9. The van der Waals surface area contributed by atoms with Gasteiger partial charge in [0.25, 0.3) is 0 Å². The topological polar surface area (TPSA) is 38.3 Å². The molecule has 6 heteroatoms. The van der Waals surface area contributed by atoms with Gasteiger partial charge in [0.2, 0.25) is 5.91 Å². The summed E-state index contributed by atoms with van der Waals surface area (Å²) in [7, 11) is 1.59. The first-order valence-electron chi connectivity index (χ1n) is 7.94. The predicted octanol–water partition coefficient (Wildman–Crippen LogP) is 4.01. The number of hydrogen-bond donors (Lipinski definition) is 1. The number of methoxy groups -OCH3 is 1. The standard InChI is InChI=1S/C19H20F3NO2/c1-25-17-4-2-3-15(13-17)7-10-18(24)23-12-11-14-5-8-16(9-6-14)19(20,21)22/h2-6,8-9,13H,7,10-12H2,1H3,(H,23,24). The van der Waals surface area contributed by atoms with Crippen molar-refractivity contribution in [1.82, 2.24) is 5.32 Å². The zero-order chi connectivity index (χ0) is 18.3. The molecule has 0 heterocycles. The Kier molecular flexibility index (Phi) is 6.44. The van der Waals surface area contributed by atoms with Crippen LogP contribution in [-0.2, 0) is 23.8 Å². The van der Waals surface area contributed by atoms with Gasteiger partial charge in [0.1, 0.15) is 5.75 Å². The first-order valence-corrected chi connectivity index (χ1v) is 7.94. The molecule has 0 saturated carbocycles. The minimum atomic E-state index is -4.33. The molecular weight excluding hydrogens is 331 g/mol. The van der Waals surface area contributed by atoms with E-state index in [0.29, 0.717) is 25.8 Å². The van der Waals surface area contributed by atoms with Crippen LogP contribution in [0.5, 0.6) is 5.75 Å². The molecule has 134 valence electrons. The molecule has 0 aliphatic heterocycles. The highest BCUT2D eigenvalue weighted by Gasteiger charge is 2.29. The Labute approximate surface area is 144 Å². The Balaban J connectivity index is 1.73. The van der Waals surface area contributed by atoms with Gasteiger partial charge in [-0.25, -0.2) is 0 Å². The van der Waals surface area contributed by atoms with Crippen LogP contribution >= 0.6 is 0 Å². The van der Waals surface area contributed by atoms with E-state index in [4.69, 9.17) is 4.74 Å². The third-order valence-electron chi connectivity index (χ3n) is 3.79. The molecule has 0 aliphatic rings. The summed E-state index contributed by atoms with van der Waals surface area (Å²) in [6.45, 7) is 0.391. The third kappa shape index (κ3) is 6.14. The van der Waals surface area contributed by atoms with Crippen molar-refractivity contribution in [2.75, 3.05) is 13.7 Å². The quantitative estimate of drug-likeness (QED) is 0.819. The second-order valence-corrected chi connectivity index (χ2v) is 5.65. The lowest BCUT2D eigenvalue weighted by molar-refractivity contribution is -0.137. The van der Waals surface area contributed by atoms with Crippen molar-refractivity contribution in [1.29, 1.82) is 0 Å². The molecule has 1 amide bonds. The van der Waals surface area contributed by atoms with Crippen molar-refractivity contribution in [3.63, 3.8) is 0 Å². The van der Waals surface area contributed by atoms with Gasteiger partial charge >= 0.3 is 6.18 Å². The molecule has 0 atom stereocenters. The zero-order valence-corrected chi connectivity index (χ0v) is 13.9. The number of halogens is 3. The fraction of sp³-hybridized carbons (Fsp3) is 0.316. The van der Waals surface area contributed by atoms with Crippen LogP contribution in [0, 0.1) is 0 Å². The van der Waals surface area contributed by atoms with Crippen molar-refractivity contribution in [3.8, 4) is 5.75 Å². The van der Waals surface area contributed by atoms with Crippen LogP contribution in [0.15, 0.2) is 48.5 Å². The number of aryl methyl sites for hydroxylation is 1. The normalized spacial score (nSPS) is 11.2. The van der Waals surface area contributed by atoms with Crippen LogP contribution in [-0.4, -0.2) is 19.6 Å². The lowest BCUT2D eigenvalue weighted by Crippen LogP contribution is -2.25. The summed E-state index contributed by atoms with van der Waals surface area (Å²) in [6.07, 6.45) is -2.89. The second-order valence-electron chi connectivity index (χ2n) is 5.65. The minimum Gasteiger partial charge on any atom is -0.497 e. The van der Waals surface area contributed by atoms with E-state index in [9.17, 15) is 18.0 Å². The first kappa shape index (κ1) is 18.8. The highest BCUT2D eigenvalue weighted by molar-refractivity contribution is 5.76. The number of amides is 1. The number of carbonyl (C=O) groups excluding carboxylic acids is 1. The van der Waals surface area contributed by atoms with Crippen LogP contribution in [0.2, 0.25) is 0 Å². The molecule has 0 spiro atoms. The van der Waals surface area contributed by atoms with Crippen LogP contribution in [0.4, 0.5) is 13.2 Å². The summed E-state index contributed by atoms with van der Waals surface area (Å²) in [5.41, 5.74) is 1.09. The maximum Gasteiger partial charge on any atom is 0.416 e. The van der Waals surface area contributed by atoms with Crippen molar-refractivity contribution in [2.24, 2.45) is 0 Å². The summed E-state index contributed by atoms with van der Waals surface area (Å²) in [4.78, 5) is 11.9. The maximum absolute atomic E-state index is 12.5. The average molecular weight is 351 g/mol. The number of nitrogens with one attached hydrogen (secondary N) is 1. The molecular formula is C19H20F3NO2. The van der Waals surface area contributed by atoms with Crippen LogP contribution in [0.3, 0.4) is 0 Å². The molecule has 0 aromatic heterocycles. The maximum atomic E-state index is 12.5. The van der Waals surface area contributed by atoms with Gasteiger partial charge in [-0.3, -0.25) is 4.79 Å². The Morgan fingerprint density at radius 1 is 1.04 bits per heavy atom. The van der Waals surface area contributed by atoms with E-state index in [1.165, 1.54) is 12.1 Å². The van der Waals surface area contributed by atoms with Crippen LogP contribution < -0.4 is 10.1 Å². The van der Waals surface area contributed by atoms with E-state index in [1.54, 1.807) is 7.11 Å². The summed E-state index contributed by atoms with van der Waals surface area (Å²) >= 11 is 0. The highest BCUT2D eigenvalue weighted by Crippen LogP contribution is 2.29. The monoisotopic (exact) mass is 351 g/mol. The molecule has 0 radical (unpaired) electrons. The molecule has 0 saturated heterocycles. The SMILES string of the molecule is COc1cccc(CCC(=O)NCCc2ccc(C(F)(F)F)cc2)c1. The van der Waals surface area contributed by atoms with E-state index in [0.717, 1.165) is 29.0 Å². The van der Waals surface area contributed by atoms with E-state index in [1.807, 2.05) is 24.3 Å². The molecule has 3 nitrogen and oxygen atoms in total. The molecule has 2 rings (SSSR count). The third-order valence-corrected chi connectivity index (χ3v) is 3.79. The van der Waals surface area contributed by atoms with Gasteiger partial charge in [-0.2, -0.15) is 13.2 Å². The lowest BCUT2D eigenvalue weighted by Gasteiger charge is -2.09. The number of alkyl halides is 3. The fourth-order valence-electron chi connectivity index (χ4n) is 2.38. The van der Waals surface area contributed by atoms with Crippen molar-refractivity contribution in [2.45, 2.75) is 25.4 Å². The Bertz CT molecular complexity index is 697. The smallest absolute Gasteiger partial charge is 0.416 e. The molecule has 0 aliphatic carbocycles. The number of benzene rings is 2. The zero-order valence-electron chi connectivity index (χ0n) is 13.9. The molecule has 0 fully saturated rings. The predicted molar refractivity (Wildman–Crippen MR) is 89.5 cm³/mol. The molecule has 0 unspecified atom stereocenters. The Hall–Kier alpha value is -2.50. The summed E-state index contributed by atoms with van der Waals surface area (Å²) in [5.74, 6) is 0.662. The Morgan fingerprint density at radius 2 is 1.76 bits per heavy atom. The summed E-state index contributed by atoms with van der Waals surface area (Å²) < 4.78 is 42.6. The van der Waals surface area contributed by atoms with Gasteiger partial charge in [-0.15, -0.1) is 0 Å². The van der Waals surface area contributed by atoms with Crippen LogP contribution in [0.1, 0.15) is 23.1 Å². The van der Waals surface area contributed by atoms with Gasteiger partial charge < -0.3 is 10.1 Å². The van der Waals surface area contributed by atoms with E-state index in [-0.39, 0.29) is 5.91 Å². The van der Waals surface area contributed by atoms with Crippen molar-refractivity contribution < 1.29 is 22.7 Å². The molecule has 0 bridgehead atoms. The van der Waals surface area contributed by atoms with E-state index in [2.05, 4.69) is 5.32 Å². The van der Waals surface area contributed by atoms with Gasteiger partial charge in [0, 0.05) is 13.0 Å². The van der Waals surface area contributed by atoms with E-state index < -0.39 is 11.7 Å². The fourth-order valence-corrected chi connectivity index (χ4v) is 2.38. The van der Waals surface area contributed by atoms with E-state index >= 15 is 0 Å². The van der Waals surface area contributed by atoms with Gasteiger partial charge in [-0.1, -0.05) is 24.3 Å². The van der Waals surface area contributed by atoms with Gasteiger partial charge in [0.05, 0.1) is 12.7 Å².